The number of hydrogen-bond donors (Lipinski definition) is 1. The number of hydrogen-bond acceptors (Lipinski definition) is 6. The maximum absolute atomic E-state index is 13.1. The molecule has 0 bridgehead atoms. The number of nitrogens with zero attached hydrogens (tertiary/aromatic N) is 3. The number of carbonyl (C=O) groups excluding carboxylic acids is 2. The first-order chi connectivity index (χ1) is 15.3. The minimum atomic E-state index is -3.75. The summed E-state index contributed by atoms with van der Waals surface area (Å²) in [6.45, 7) is 3.78. The molecule has 1 aliphatic heterocycles. The highest BCUT2D eigenvalue weighted by molar-refractivity contribution is 7.89. The fourth-order valence-electron chi connectivity index (χ4n) is 3.46. The molecule has 0 aliphatic carbocycles. The van der Waals surface area contributed by atoms with E-state index in [0.29, 0.717) is 43.0 Å². The number of aromatic nitrogens is 1. The molecule has 1 aliphatic rings. The van der Waals surface area contributed by atoms with Gasteiger partial charge in [-0.05, 0) is 36.8 Å². The molecular weight excluding hydrogens is 432 g/mol. The van der Waals surface area contributed by atoms with Gasteiger partial charge in [-0.1, -0.05) is 12.1 Å². The molecule has 0 spiro atoms. The van der Waals surface area contributed by atoms with Crippen molar-refractivity contribution in [2.75, 3.05) is 46.4 Å². The predicted octanol–water partition coefficient (Wildman–Crippen LogP) is 0.842. The lowest BCUT2D eigenvalue weighted by atomic mass is 10.1. The van der Waals surface area contributed by atoms with Gasteiger partial charge in [-0.2, -0.15) is 0 Å². The zero-order chi connectivity index (χ0) is 23.1. The second-order valence-corrected chi connectivity index (χ2v) is 9.31. The van der Waals surface area contributed by atoms with Gasteiger partial charge in [-0.15, -0.1) is 0 Å². The van der Waals surface area contributed by atoms with Gasteiger partial charge >= 0.3 is 0 Å². The van der Waals surface area contributed by atoms with Gasteiger partial charge in [0.15, 0.2) is 0 Å². The summed E-state index contributed by atoms with van der Waals surface area (Å²) in [4.78, 5) is 33.2. The van der Waals surface area contributed by atoms with Gasteiger partial charge in [-0.3, -0.25) is 14.6 Å². The summed E-state index contributed by atoms with van der Waals surface area (Å²) in [5.41, 5.74) is 1.75. The van der Waals surface area contributed by atoms with Crippen molar-refractivity contribution in [1.29, 1.82) is 0 Å². The van der Waals surface area contributed by atoms with Gasteiger partial charge in [0.05, 0.1) is 17.9 Å². The third-order valence-electron chi connectivity index (χ3n) is 5.33. The Hall–Kier alpha value is -2.82. The Morgan fingerprint density at radius 1 is 1.09 bits per heavy atom. The molecule has 1 aromatic heterocycles. The van der Waals surface area contributed by atoms with E-state index < -0.39 is 10.0 Å². The van der Waals surface area contributed by atoms with E-state index in [4.69, 9.17) is 4.74 Å². The van der Waals surface area contributed by atoms with Crippen LogP contribution in [0.25, 0.3) is 0 Å². The molecule has 1 N–H and O–H groups in total. The molecular formula is C22H28N4O5S. The summed E-state index contributed by atoms with van der Waals surface area (Å²) in [7, 11) is -2.26. The molecule has 2 amide bonds. The zero-order valence-electron chi connectivity index (χ0n) is 18.3. The molecule has 1 aromatic carbocycles. The van der Waals surface area contributed by atoms with E-state index in [-0.39, 0.29) is 36.3 Å². The molecule has 9 nitrogen and oxygen atoms in total. The molecule has 0 atom stereocenters. The smallest absolute Gasteiger partial charge is 0.254 e. The van der Waals surface area contributed by atoms with E-state index in [0.717, 1.165) is 0 Å². The third kappa shape index (κ3) is 5.90. The van der Waals surface area contributed by atoms with Gasteiger partial charge in [0.25, 0.3) is 5.91 Å². The Morgan fingerprint density at radius 2 is 1.81 bits per heavy atom. The van der Waals surface area contributed by atoms with Gasteiger partial charge in [0.1, 0.15) is 0 Å². The lowest BCUT2D eigenvalue weighted by Gasteiger charge is -2.35. The number of sulfonamides is 1. The van der Waals surface area contributed by atoms with Crippen molar-refractivity contribution < 1.29 is 22.7 Å². The molecule has 0 saturated carbocycles. The van der Waals surface area contributed by atoms with Crippen molar-refractivity contribution in [2.45, 2.75) is 18.2 Å². The largest absolute Gasteiger partial charge is 0.383 e. The van der Waals surface area contributed by atoms with Crippen molar-refractivity contribution in [3.63, 3.8) is 0 Å². The van der Waals surface area contributed by atoms with E-state index in [1.54, 1.807) is 35.1 Å². The van der Waals surface area contributed by atoms with Crippen molar-refractivity contribution in [3.05, 3.63) is 59.4 Å². The number of benzene rings is 1. The second-order valence-electron chi connectivity index (χ2n) is 7.54. The average Bonchev–Trinajstić information content (AvgIpc) is 2.79. The lowest BCUT2D eigenvalue weighted by Crippen LogP contribution is -2.51. The fraction of sp³-hybridized carbons (Fsp3) is 0.409. The minimum absolute atomic E-state index is 0.0257. The topological polar surface area (TPSA) is 109 Å². The third-order valence-corrected chi connectivity index (χ3v) is 6.78. The summed E-state index contributed by atoms with van der Waals surface area (Å²) in [5.74, 6) is -0.268. The molecule has 32 heavy (non-hydrogen) atoms. The van der Waals surface area contributed by atoms with Crippen LogP contribution in [0.2, 0.25) is 0 Å². The molecule has 1 fully saturated rings. The van der Waals surface area contributed by atoms with Crippen molar-refractivity contribution in [1.82, 2.24) is 19.5 Å². The number of carbonyl (C=O) groups is 2. The quantitative estimate of drug-likeness (QED) is 0.585. The average molecular weight is 461 g/mol. The maximum atomic E-state index is 13.1. The molecule has 172 valence electrons. The van der Waals surface area contributed by atoms with E-state index in [2.05, 4.69) is 9.71 Å². The Labute approximate surface area is 188 Å². The van der Waals surface area contributed by atoms with Gasteiger partial charge in [-0.25, -0.2) is 13.1 Å². The molecule has 0 unspecified atom stereocenters. The normalized spacial score (nSPS) is 14.4. The van der Waals surface area contributed by atoms with Crippen molar-refractivity contribution in [2.24, 2.45) is 0 Å². The summed E-state index contributed by atoms with van der Waals surface area (Å²) in [6.07, 6.45) is 1.88. The SMILES string of the molecule is COCCNS(=O)(=O)c1ccc(C)c(C(=O)N2CCN(C(=O)Cc3ccccn3)CC2)c1. The monoisotopic (exact) mass is 460 g/mol. The van der Waals surface area contributed by atoms with Gasteiger partial charge in [0.2, 0.25) is 15.9 Å². The highest BCUT2D eigenvalue weighted by Gasteiger charge is 2.27. The first kappa shape index (κ1) is 23.8. The lowest BCUT2D eigenvalue weighted by molar-refractivity contribution is -0.132. The number of amides is 2. The number of aryl methyl sites for hydroxylation is 1. The maximum Gasteiger partial charge on any atom is 0.254 e. The number of piperazine rings is 1. The van der Waals surface area contributed by atoms with E-state index in [1.165, 1.54) is 19.2 Å². The second kappa shape index (κ2) is 10.7. The van der Waals surface area contributed by atoms with Gasteiger partial charge < -0.3 is 14.5 Å². The summed E-state index contributed by atoms with van der Waals surface area (Å²) >= 11 is 0. The number of methoxy groups -OCH3 is 1. The van der Waals surface area contributed by atoms with Crippen LogP contribution < -0.4 is 4.72 Å². The number of ether oxygens (including phenoxy) is 1. The number of pyridine rings is 1. The van der Waals surface area contributed by atoms with Crippen LogP contribution in [0.4, 0.5) is 0 Å². The van der Waals surface area contributed by atoms with Crippen LogP contribution in [0.1, 0.15) is 21.6 Å². The highest BCUT2D eigenvalue weighted by atomic mass is 32.2. The molecule has 0 radical (unpaired) electrons. The van der Waals surface area contributed by atoms with Crippen LogP contribution in [0.3, 0.4) is 0 Å². The summed E-state index contributed by atoms with van der Waals surface area (Å²) in [5, 5.41) is 0. The van der Waals surface area contributed by atoms with Crippen LogP contribution >= 0.6 is 0 Å². The van der Waals surface area contributed by atoms with Crippen LogP contribution in [0.5, 0.6) is 0 Å². The minimum Gasteiger partial charge on any atom is -0.383 e. The zero-order valence-corrected chi connectivity index (χ0v) is 19.1. The molecule has 3 rings (SSSR count). The van der Waals surface area contributed by atoms with E-state index in [1.807, 2.05) is 12.1 Å². The van der Waals surface area contributed by atoms with Crippen molar-refractivity contribution >= 4 is 21.8 Å². The number of rotatable bonds is 8. The Balaban J connectivity index is 1.64. The summed E-state index contributed by atoms with van der Waals surface area (Å²) in [6, 6.07) is 9.98. The van der Waals surface area contributed by atoms with Crippen molar-refractivity contribution in [3.8, 4) is 0 Å². The summed E-state index contributed by atoms with van der Waals surface area (Å²) < 4.78 is 32.3. The van der Waals surface area contributed by atoms with Crippen LogP contribution in [0, 0.1) is 6.92 Å². The fourth-order valence-corrected chi connectivity index (χ4v) is 4.50. The Bertz CT molecular complexity index is 1050. The first-order valence-electron chi connectivity index (χ1n) is 10.4. The highest BCUT2D eigenvalue weighted by Crippen LogP contribution is 2.19. The molecule has 2 aromatic rings. The van der Waals surface area contributed by atoms with Gasteiger partial charge in [0, 0.05) is 57.3 Å². The molecule has 1 saturated heterocycles. The molecule has 10 heteroatoms. The van der Waals surface area contributed by atoms with E-state index in [9.17, 15) is 18.0 Å². The standard InChI is InChI=1S/C22H28N4O5S/c1-17-6-7-19(32(29,30)24-9-14-31-2)16-20(17)22(28)26-12-10-25(11-13-26)21(27)15-18-5-3-4-8-23-18/h3-8,16,24H,9-15H2,1-2H3. The van der Waals surface area contributed by atoms with Crippen LogP contribution in [0.15, 0.2) is 47.5 Å². The first-order valence-corrected chi connectivity index (χ1v) is 11.9. The predicted molar refractivity (Wildman–Crippen MR) is 119 cm³/mol. The number of nitrogens with one attached hydrogen (secondary N) is 1. The Morgan fingerprint density at radius 3 is 2.47 bits per heavy atom. The van der Waals surface area contributed by atoms with E-state index >= 15 is 0 Å². The Kier molecular flexibility index (Phi) is 7.94. The van der Waals surface area contributed by atoms with Crippen LogP contribution in [-0.4, -0.2) is 81.5 Å². The molecule has 2 heterocycles. The van der Waals surface area contributed by atoms with Crippen LogP contribution in [-0.2, 0) is 26.0 Å².